The summed E-state index contributed by atoms with van der Waals surface area (Å²) in [6, 6.07) is 8.68. The Morgan fingerprint density at radius 2 is 2.00 bits per heavy atom. The van der Waals surface area contributed by atoms with Crippen LogP contribution in [-0.2, 0) is 11.3 Å². The molecule has 0 amide bonds. The first kappa shape index (κ1) is 15.9. The molecule has 2 aromatic heterocycles. The molecule has 1 unspecified atom stereocenters. The Kier molecular flexibility index (Phi) is 4.16. The molecule has 7 heteroatoms. The van der Waals surface area contributed by atoms with Gasteiger partial charge in [-0.25, -0.2) is 4.98 Å². The largest absolute Gasteiger partial charge is 0.548 e. The molecule has 0 saturated heterocycles. The predicted octanol–water partition coefficient (Wildman–Crippen LogP) is 0.651. The van der Waals surface area contributed by atoms with Crippen LogP contribution in [0.2, 0.25) is 0 Å². The van der Waals surface area contributed by atoms with E-state index >= 15 is 0 Å². The second-order valence-electron chi connectivity index (χ2n) is 5.63. The molecule has 1 atom stereocenters. The van der Waals surface area contributed by atoms with Crippen LogP contribution in [0.3, 0.4) is 0 Å². The lowest BCUT2D eigenvalue weighted by atomic mass is 10.2. The molecule has 124 valence electrons. The Bertz CT molecular complexity index is 944. The van der Waals surface area contributed by atoms with Gasteiger partial charge in [0.1, 0.15) is 11.2 Å². The monoisotopic (exact) mass is 325 g/mol. The lowest BCUT2D eigenvalue weighted by molar-refractivity contribution is -0.310. The summed E-state index contributed by atoms with van der Waals surface area (Å²) in [4.78, 5) is 28.3. The molecular weight excluding hydrogens is 308 g/mol. The number of carbonyl (C=O) groups excluding carboxylic acids is 1. The smallest absolute Gasteiger partial charge is 0.265 e. The molecule has 0 N–H and O–H groups in total. The van der Waals surface area contributed by atoms with Crippen molar-refractivity contribution < 1.29 is 9.90 Å². The number of fused-ring (bicyclic) bond motifs is 1. The summed E-state index contributed by atoms with van der Waals surface area (Å²) < 4.78 is 2.81. The van der Waals surface area contributed by atoms with Crippen molar-refractivity contribution in [2.45, 2.75) is 32.9 Å². The van der Waals surface area contributed by atoms with Crippen molar-refractivity contribution in [2.75, 3.05) is 0 Å². The Morgan fingerprint density at radius 1 is 1.29 bits per heavy atom. The van der Waals surface area contributed by atoms with Gasteiger partial charge >= 0.3 is 0 Å². The van der Waals surface area contributed by atoms with Gasteiger partial charge in [0.05, 0.1) is 18.6 Å². The van der Waals surface area contributed by atoms with Crippen LogP contribution in [0.1, 0.15) is 30.8 Å². The summed E-state index contributed by atoms with van der Waals surface area (Å²) in [6.45, 7) is 3.80. The highest BCUT2D eigenvalue weighted by Gasteiger charge is 2.18. The molecule has 0 radical (unpaired) electrons. The maximum atomic E-state index is 12.7. The Labute approximate surface area is 138 Å². The molecule has 0 aliphatic rings. The van der Waals surface area contributed by atoms with Crippen LogP contribution >= 0.6 is 0 Å². The van der Waals surface area contributed by atoms with Gasteiger partial charge in [0.15, 0.2) is 5.65 Å². The number of hydrogen-bond acceptors (Lipinski definition) is 5. The highest BCUT2D eigenvalue weighted by molar-refractivity contribution is 5.74. The molecular formula is C17H17N4O3-. The number of carboxylic acids is 1. The summed E-state index contributed by atoms with van der Waals surface area (Å²) in [7, 11) is 0. The lowest BCUT2D eigenvalue weighted by Gasteiger charge is -2.20. The lowest BCUT2D eigenvalue weighted by Crippen LogP contribution is -2.39. The molecule has 0 fully saturated rings. The molecule has 0 aliphatic carbocycles. The Morgan fingerprint density at radius 3 is 2.62 bits per heavy atom. The first-order chi connectivity index (χ1) is 11.5. The SMILES string of the molecule is CCC(C(=O)[O-])n1c(C)nc2nn(Cc3ccccc3)cc2c1=O. The van der Waals surface area contributed by atoms with E-state index in [-0.39, 0.29) is 6.42 Å². The zero-order chi connectivity index (χ0) is 17.3. The van der Waals surface area contributed by atoms with E-state index in [1.54, 1.807) is 24.7 Å². The Hall–Kier alpha value is -2.96. The number of hydrogen-bond donors (Lipinski definition) is 0. The van der Waals surface area contributed by atoms with Crippen LogP contribution in [0.5, 0.6) is 0 Å². The average Bonchev–Trinajstić information content (AvgIpc) is 2.94. The minimum Gasteiger partial charge on any atom is -0.548 e. The molecule has 0 bridgehead atoms. The number of aliphatic carboxylic acids is 1. The molecule has 1 aromatic carbocycles. The van der Waals surface area contributed by atoms with Gasteiger partial charge in [0, 0.05) is 6.20 Å². The Balaban J connectivity index is 2.09. The van der Waals surface area contributed by atoms with E-state index in [2.05, 4.69) is 10.1 Å². The molecule has 2 heterocycles. The van der Waals surface area contributed by atoms with E-state index in [0.29, 0.717) is 23.4 Å². The number of rotatable bonds is 5. The highest BCUT2D eigenvalue weighted by atomic mass is 16.4. The number of nitrogens with zero attached hydrogens (tertiary/aromatic N) is 4. The van der Waals surface area contributed by atoms with E-state index in [1.165, 1.54) is 4.57 Å². The number of carboxylic acid groups (broad SMARTS) is 1. The third kappa shape index (κ3) is 2.80. The average molecular weight is 325 g/mol. The second-order valence-corrected chi connectivity index (χ2v) is 5.63. The van der Waals surface area contributed by atoms with E-state index in [9.17, 15) is 14.7 Å². The first-order valence-electron chi connectivity index (χ1n) is 7.72. The van der Waals surface area contributed by atoms with Crippen molar-refractivity contribution in [3.63, 3.8) is 0 Å². The summed E-state index contributed by atoms with van der Waals surface area (Å²) in [5.74, 6) is -0.978. The standard InChI is InChI=1S/C17H18N4O3/c1-3-14(17(23)24)21-11(2)18-15-13(16(21)22)10-20(19-15)9-12-7-5-4-6-8-12/h4-8,10,14H,3,9H2,1-2H3,(H,23,24)/p-1. The van der Waals surface area contributed by atoms with Crippen molar-refractivity contribution in [3.8, 4) is 0 Å². The molecule has 3 rings (SSSR count). The quantitative estimate of drug-likeness (QED) is 0.687. The molecule has 0 aliphatic heterocycles. The van der Waals surface area contributed by atoms with Gasteiger partial charge in [0.25, 0.3) is 5.56 Å². The van der Waals surface area contributed by atoms with Gasteiger partial charge < -0.3 is 9.90 Å². The van der Waals surface area contributed by atoms with Crippen LogP contribution in [0.15, 0.2) is 41.3 Å². The van der Waals surface area contributed by atoms with E-state index < -0.39 is 17.6 Å². The van der Waals surface area contributed by atoms with Crippen molar-refractivity contribution in [3.05, 3.63) is 58.3 Å². The van der Waals surface area contributed by atoms with Gasteiger partial charge in [0.2, 0.25) is 0 Å². The fraction of sp³-hybridized carbons (Fsp3) is 0.294. The van der Waals surface area contributed by atoms with Crippen LogP contribution in [0.4, 0.5) is 0 Å². The van der Waals surface area contributed by atoms with Crippen molar-refractivity contribution in [1.82, 2.24) is 19.3 Å². The summed E-state index contributed by atoms with van der Waals surface area (Å²) in [6.07, 6.45) is 1.85. The molecule has 0 spiro atoms. The minimum atomic E-state index is -1.29. The maximum absolute atomic E-state index is 12.7. The minimum absolute atomic E-state index is 0.244. The van der Waals surface area contributed by atoms with Crippen LogP contribution in [-0.4, -0.2) is 25.3 Å². The van der Waals surface area contributed by atoms with Gasteiger partial charge in [-0.3, -0.25) is 14.0 Å². The third-order valence-electron chi connectivity index (χ3n) is 3.97. The maximum Gasteiger partial charge on any atom is 0.265 e. The van der Waals surface area contributed by atoms with Crippen molar-refractivity contribution >= 4 is 17.0 Å². The zero-order valence-corrected chi connectivity index (χ0v) is 13.5. The van der Waals surface area contributed by atoms with Gasteiger partial charge in [-0.2, -0.15) is 5.10 Å². The van der Waals surface area contributed by atoms with Crippen LogP contribution in [0, 0.1) is 6.92 Å². The van der Waals surface area contributed by atoms with E-state index in [0.717, 1.165) is 5.56 Å². The van der Waals surface area contributed by atoms with E-state index in [4.69, 9.17) is 0 Å². The molecule has 24 heavy (non-hydrogen) atoms. The van der Waals surface area contributed by atoms with Gasteiger partial charge in [-0.05, 0) is 18.9 Å². The normalized spacial score (nSPS) is 12.4. The predicted molar refractivity (Wildman–Crippen MR) is 86.4 cm³/mol. The number of benzene rings is 1. The molecule has 7 nitrogen and oxygen atoms in total. The number of aryl methyl sites for hydroxylation is 1. The van der Waals surface area contributed by atoms with Crippen LogP contribution in [0.25, 0.3) is 11.0 Å². The molecule has 3 aromatic rings. The number of carbonyl (C=O) groups is 1. The van der Waals surface area contributed by atoms with Gasteiger partial charge in [-0.1, -0.05) is 37.3 Å². The summed E-state index contributed by atoms with van der Waals surface area (Å²) in [5, 5.41) is 15.9. The number of aromatic nitrogens is 4. The first-order valence-corrected chi connectivity index (χ1v) is 7.72. The fourth-order valence-corrected chi connectivity index (χ4v) is 2.80. The fourth-order valence-electron chi connectivity index (χ4n) is 2.80. The zero-order valence-electron chi connectivity index (χ0n) is 13.5. The third-order valence-corrected chi connectivity index (χ3v) is 3.97. The summed E-state index contributed by atoms with van der Waals surface area (Å²) in [5.41, 5.74) is 0.953. The van der Waals surface area contributed by atoms with Gasteiger partial charge in [-0.15, -0.1) is 0 Å². The highest BCUT2D eigenvalue weighted by Crippen LogP contribution is 2.14. The van der Waals surface area contributed by atoms with Crippen LogP contribution < -0.4 is 10.7 Å². The second kappa shape index (κ2) is 6.27. The summed E-state index contributed by atoms with van der Waals surface area (Å²) >= 11 is 0. The van der Waals surface area contributed by atoms with Crippen molar-refractivity contribution in [1.29, 1.82) is 0 Å². The topological polar surface area (TPSA) is 92.8 Å². The van der Waals surface area contributed by atoms with E-state index in [1.807, 2.05) is 30.3 Å². The van der Waals surface area contributed by atoms with Crippen molar-refractivity contribution in [2.24, 2.45) is 0 Å². The molecule has 0 saturated carbocycles.